The number of aromatic nitrogens is 1. The molecular weight excluding hydrogens is 220 g/mol. The normalized spacial score (nSPS) is 21.5. The van der Waals surface area contributed by atoms with E-state index in [9.17, 15) is 13.6 Å². The number of aromatic carboxylic acids is 1. The molecule has 1 aliphatic carbocycles. The zero-order valence-electron chi connectivity index (χ0n) is 8.19. The van der Waals surface area contributed by atoms with Crippen molar-refractivity contribution >= 4 is 5.97 Å². The van der Waals surface area contributed by atoms with Crippen molar-refractivity contribution in [3.05, 3.63) is 23.9 Å². The molecule has 0 saturated heterocycles. The highest BCUT2D eigenvalue weighted by molar-refractivity contribution is 5.90. The first-order valence-electron chi connectivity index (χ1n) is 4.69. The van der Waals surface area contributed by atoms with Crippen LogP contribution in [0.5, 0.6) is 5.88 Å². The van der Waals surface area contributed by atoms with Crippen molar-refractivity contribution in [2.75, 3.05) is 6.61 Å². The van der Waals surface area contributed by atoms with Gasteiger partial charge in [0.1, 0.15) is 5.56 Å². The van der Waals surface area contributed by atoms with Crippen LogP contribution in [0.25, 0.3) is 0 Å². The molecule has 4 nitrogen and oxygen atoms in total. The van der Waals surface area contributed by atoms with Crippen LogP contribution in [-0.4, -0.2) is 28.6 Å². The first-order chi connectivity index (χ1) is 7.50. The van der Waals surface area contributed by atoms with Gasteiger partial charge in [-0.2, -0.15) is 0 Å². The number of alkyl halides is 2. The number of carboxylic acids is 1. The fourth-order valence-corrected chi connectivity index (χ4v) is 1.30. The van der Waals surface area contributed by atoms with E-state index < -0.39 is 17.8 Å². The van der Waals surface area contributed by atoms with Gasteiger partial charge in [0.2, 0.25) is 5.88 Å². The molecule has 0 spiro atoms. The van der Waals surface area contributed by atoms with E-state index >= 15 is 0 Å². The van der Waals surface area contributed by atoms with Crippen molar-refractivity contribution in [3.63, 3.8) is 0 Å². The Labute approximate surface area is 89.9 Å². The Hall–Kier alpha value is -1.72. The molecule has 86 valence electrons. The summed E-state index contributed by atoms with van der Waals surface area (Å²) in [4.78, 5) is 14.4. The maximum atomic E-state index is 12.5. The van der Waals surface area contributed by atoms with E-state index in [4.69, 9.17) is 9.84 Å². The molecule has 1 fully saturated rings. The standard InChI is InChI=1S/C10H9F2NO3/c11-10(12)4-6(10)5-16-8-7(9(14)15)2-1-3-13-8/h1-3,6H,4-5H2,(H,14,15)/t6-/m1/s1. The average molecular weight is 229 g/mol. The van der Waals surface area contributed by atoms with E-state index in [1.165, 1.54) is 18.3 Å². The van der Waals surface area contributed by atoms with E-state index in [1.807, 2.05) is 0 Å². The van der Waals surface area contributed by atoms with Crippen LogP contribution in [-0.2, 0) is 0 Å². The van der Waals surface area contributed by atoms with Gasteiger partial charge in [0.25, 0.3) is 5.92 Å². The van der Waals surface area contributed by atoms with Crippen LogP contribution >= 0.6 is 0 Å². The zero-order chi connectivity index (χ0) is 11.8. The number of carbonyl (C=O) groups is 1. The van der Waals surface area contributed by atoms with E-state index in [2.05, 4.69) is 4.98 Å². The minimum atomic E-state index is -2.67. The van der Waals surface area contributed by atoms with Crippen LogP contribution in [0.4, 0.5) is 8.78 Å². The van der Waals surface area contributed by atoms with Crippen LogP contribution < -0.4 is 4.74 Å². The molecule has 16 heavy (non-hydrogen) atoms. The van der Waals surface area contributed by atoms with Gasteiger partial charge in [-0.3, -0.25) is 0 Å². The Bertz CT molecular complexity index is 422. The molecule has 2 rings (SSSR count). The van der Waals surface area contributed by atoms with E-state index in [0.29, 0.717) is 0 Å². The lowest BCUT2D eigenvalue weighted by atomic mass is 10.3. The summed E-state index contributed by atoms with van der Waals surface area (Å²) in [5, 5.41) is 8.78. The Morgan fingerprint density at radius 1 is 1.69 bits per heavy atom. The molecule has 0 aliphatic heterocycles. The largest absolute Gasteiger partial charge is 0.477 e. The quantitative estimate of drug-likeness (QED) is 0.855. The number of pyridine rings is 1. The maximum Gasteiger partial charge on any atom is 0.341 e. The van der Waals surface area contributed by atoms with Gasteiger partial charge in [0.15, 0.2) is 0 Å². The molecule has 0 bridgehead atoms. The number of ether oxygens (including phenoxy) is 1. The van der Waals surface area contributed by atoms with Gasteiger partial charge < -0.3 is 9.84 Å². The van der Waals surface area contributed by atoms with Crippen LogP contribution in [0.2, 0.25) is 0 Å². The van der Waals surface area contributed by atoms with Crippen molar-refractivity contribution in [3.8, 4) is 5.88 Å². The van der Waals surface area contributed by atoms with Crippen LogP contribution in [0.1, 0.15) is 16.8 Å². The Morgan fingerprint density at radius 3 is 2.94 bits per heavy atom. The lowest BCUT2D eigenvalue weighted by molar-refractivity contribution is 0.0687. The van der Waals surface area contributed by atoms with Gasteiger partial charge in [0, 0.05) is 12.6 Å². The maximum absolute atomic E-state index is 12.5. The Balaban J connectivity index is 2.02. The van der Waals surface area contributed by atoms with Crippen LogP contribution in [0.15, 0.2) is 18.3 Å². The van der Waals surface area contributed by atoms with Crippen molar-refractivity contribution < 1.29 is 23.4 Å². The Morgan fingerprint density at radius 2 is 2.38 bits per heavy atom. The molecule has 1 aromatic rings. The van der Waals surface area contributed by atoms with Gasteiger partial charge >= 0.3 is 5.97 Å². The molecule has 1 N–H and O–H groups in total. The molecule has 1 atom stereocenters. The molecule has 0 unspecified atom stereocenters. The smallest absolute Gasteiger partial charge is 0.341 e. The first kappa shape index (κ1) is 10.8. The van der Waals surface area contributed by atoms with E-state index in [0.717, 1.165) is 0 Å². The predicted molar refractivity (Wildman–Crippen MR) is 49.7 cm³/mol. The average Bonchev–Trinajstić information content (AvgIpc) is 2.84. The summed E-state index contributed by atoms with van der Waals surface area (Å²) in [6, 6.07) is 2.76. The molecular formula is C10H9F2NO3. The van der Waals surface area contributed by atoms with Gasteiger partial charge in [-0.1, -0.05) is 0 Å². The highest BCUT2D eigenvalue weighted by Crippen LogP contribution is 2.48. The zero-order valence-corrected chi connectivity index (χ0v) is 8.19. The van der Waals surface area contributed by atoms with E-state index in [-0.39, 0.29) is 24.5 Å². The summed E-state index contributed by atoms with van der Waals surface area (Å²) in [7, 11) is 0. The number of rotatable bonds is 4. The van der Waals surface area contributed by atoms with Crippen molar-refractivity contribution in [2.24, 2.45) is 5.92 Å². The highest BCUT2D eigenvalue weighted by Gasteiger charge is 2.57. The third-order valence-electron chi connectivity index (χ3n) is 2.38. The summed E-state index contributed by atoms with van der Waals surface area (Å²) < 4.78 is 30.1. The molecule has 1 aliphatic rings. The van der Waals surface area contributed by atoms with Crippen molar-refractivity contribution in [1.82, 2.24) is 4.98 Å². The minimum absolute atomic E-state index is 0.113. The lowest BCUT2D eigenvalue weighted by Gasteiger charge is -2.06. The summed E-state index contributed by atoms with van der Waals surface area (Å²) in [5.41, 5.74) is -0.119. The monoisotopic (exact) mass is 229 g/mol. The number of carboxylic acid groups (broad SMARTS) is 1. The SMILES string of the molecule is O=C(O)c1cccnc1OC[C@H]1CC1(F)F. The predicted octanol–water partition coefficient (Wildman–Crippen LogP) is 1.81. The molecule has 1 saturated carbocycles. The van der Waals surface area contributed by atoms with Gasteiger partial charge in [-0.15, -0.1) is 0 Å². The number of nitrogens with zero attached hydrogens (tertiary/aromatic N) is 1. The third-order valence-corrected chi connectivity index (χ3v) is 2.38. The third kappa shape index (κ3) is 2.10. The Kier molecular flexibility index (Phi) is 2.49. The van der Waals surface area contributed by atoms with Crippen molar-refractivity contribution in [1.29, 1.82) is 0 Å². The highest BCUT2D eigenvalue weighted by atomic mass is 19.3. The molecule has 0 radical (unpaired) electrons. The summed E-state index contributed by atoms with van der Waals surface area (Å²) in [5.74, 6) is -4.79. The number of hydrogen-bond acceptors (Lipinski definition) is 3. The summed E-state index contributed by atoms with van der Waals surface area (Å²) in [6.45, 7) is -0.204. The number of halogens is 2. The van der Waals surface area contributed by atoms with Crippen LogP contribution in [0, 0.1) is 5.92 Å². The lowest BCUT2D eigenvalue weighted by Crippen LogP contribution is -2.09. The second-order valence-corrected chi connectivity index (χ2v) is 3.63. The minimum Gasteiger partial charge on any atom is -0.477 e. The van der Waals surface area contributed by atoms with E-state index in [1.54, 1.807) is 0 Å². The molecule has 0 aromatic carbocycles. The summed E-state index contributed by atoms with van der Waals surface area (Å²) >= 11 is 0. The molecule has 6 heteroatoms. The molecule has 1 heterocycles. The van der Waals surface area contributed by atoms with Gasteiger partial charge in [0.05, 0.1) is 12.5 Å². The molecule has 0 amide bonds. The first-order valence-corrected chi connectivity index (χ1v) is 4.69. The van der Waals surface area contributed by atoms with Crippen LogP contribution in [0.3, 0.4) is 0 Å². The van der Waals surface area contributed by atoms with Gasteiger partial charge in [-0.05, 0) is 12.1 Å². The number of hydrogen-bond donors (Lipinski definition) is 1. The topological polar surface area (TPSA) is 59.4 Å². The van der Waals surface area contributed by atoms with Crippen molar-refractivity contribution in [2.45, 2.75) is 12.3 Å². The second-order valence-electron chi connectivity index (χ2n) is 3.63. The fourth-order valence-electron chi connectivity index (χ4n) is 1.30. The van der Waals surface area contributed by atoms with Gasteiger partial charge in [-0.25, -0.2) is 18.6 Å². The summed E-state index contributed by atoms with van der Waals surface area (Å²) in [6.07, 6.45) is 1.15. The molecule has 1 aromatic heterocycles. The fraction of sp³-hybridized carbons (Fsp3) is 0.400. The second kappa shape index (κ2) is 3.70.